The number of nitrogens with one attached hydrogen (secondary N) is 1. The van der Waals surface area contributed by atoms with Crippen LogP contribution in [0.3, 0.4) is 0 Å². The molecule has 3 rings (SSSR count). The average Bonchev–Trinajstić information content (AvgIpc) is 3.14. The van der Waals surface area contributed by atoms with E-state index >= 15 is 0 Å². The lowest BCUT2D eigenvalue weighted by molar-refractivity contribution is -0.133. The summed E-state index contributed by atoms with van der Waals surface area (Å²) in [5.41, 5.74) is -0.821. The quantitative estimate of drug-likeness (QED) is 0.786. The molecule has 0 aromatic heterocycles. The van der Waals surface area contributed by atoms with Gasteiger partial charge in [0, 0.05) is 18.3 Å². The van der Waals surface area contributed by atoms with Crippen LogP contribution in [0.1, 0.15) is 32.6 Å². The summed E-state index contributed by atoms with van der Waals surface area (Å²) in [6.07, 6.45) is 4.96. The van der Waals surface area contributed by atoms with Crippen LogP contribution in [-0.2, 0) is 19.6 Å². The van der Waals surface area contributed by atoms with Crippen LogP contribution in [0.15, 0.2) is 24.3 Å². The van der Waals surface area contributed by atoms with E-state index in [-0.39, 0.29) is 25.0 Å². The highest BCUT2D eigenvalue weighted by atomic mass is 32.2. The molecule has 1 atom stereocenters. The Morgan fingerprint density at radius 2 is 1.82 bits per heavy atom. The van der Waals surface area contributed by atoms with E-state index in [0.717, 1.165) is 36.2 Å². The van der Waals surface area contributed by atoms with Crippen molar-refractivity contribution >= 4 is 27.5 Å². The topological polar surface area (TPSA) is 96.0 Å². The molecule has 1 aromatic rings. The van der Waals surface area contributed by atoms with Crippen molar-refractivity contribution < 1.29 is 22.7 Å². The molecule has 2 aliphatic rings. The van der Waals surface area contributed by atoms with E-state index in [1.165, 1.54) is 4.90 Å². The van der Waals surface area contributed by atoms with Gasteiger partial charge >= 0.3 is 0 Å². The Kier molecular flexibility index (Phi) is 5.67. The fourth-order valence-electron chi connectivity index (χ4n) is 3.95. The van der Waals surface area contributed by atoms with Crippen molar-refractivity contribution in [1.29, 1.82) is 0 Å². The summed E-state index contributed by atoms with van der Waals surface area (Å²) >= 11 is 0. The maximum Gasteiger partial charge on any atom is 0.247 e. The summed E-state index contributed by atoms with van der Waals surface area (Å²) in [5.74, 6) is -0.147. The van der Waals surface area contributed by atoms with Gasteiger partial charge in [-0.2, -0.15) is 4.31 Å². The summed E-state index contributed by atoms with van der Waals surface area (Å²) in [5, 5.41) is 3.02. The summed E-state index contributed by atoms with van der Waals surface area (Å²) in [7, 11) is -2.08. The average molecular weight is 410 g/mol. The van der Waals surface area contributed by atoms with Crippen LogP contribution in [-0.4, -0.2) is 62.6 Å². The largest absolute Gasteiger partial charge is 0.497 e. The normalized spacial score (nSPS) is 24.4. The zero-order chi connectivity index (χ0) is 20.5. The zero-order valence-corrected chi connectivity index (χ0v) is 17.3. The number of amides is 2. The number of piperazine rings is 1. The zero-order valence-electron chi connectivity index (χ0n) is 16.5. The molecule has 8 nitrogen and oxygen atoms in total. The Morgan fingerprint density at radius 1 is 1.21 bits per heavy atom. The summed E-state index contributed by atoms with van der Waals surface area (Å²) in [4.78, 5) is 27.6. The van der Waals surface area contributed by atoms with E-state index in [9.17, 15) is 18.0 Å². The molecule has 1 unspecified atom stereocenters. The summed E-state index contributed by atoms with van der Waals surface area (Å²) < 4.78 is 30.5. The first-order valence-corrected chi connectivity index (χ1v) is 11.2. The number of rotatable bonds is 5. The van der Waals surface area contributed by atoms with Crippen LogP contribution in [0.4, 0.5) is 5.69 Å². The van der Waals surface area contributed by atoms with Gasteiger partial charge in [-0.15, -0.1) is 0 Å². The highest BCUT2D eigenvalue weighted by Gasteiger charge is 2.50. The van der Waals surface area contributed by atoms with Gasteiger partial charge in [0.1, 0.15) is 11.3 Å². The van der Waals surface area contributed by atoms with Gasteiger partial charge in [0.25, 0.3) is 0 Å². The van der Waals surface area contributed by atoms with Crippen LogP contribution in [0, 0.1) is 0 Å². The maximum atomic E-state index is 13.2. The lowest BCUT2D eigenvalue weighted by atomic mass is 9.94. The van der Waals surface area contributed by atoms with Crippen LogP contribution in [0.2, 0.25) is 0 Å². The number of carbonyl (C=O) groups excluding carboxylic acids is 2. The Morgan fingerprint density at radius 3 is 2.36 bits per heavy atom. The highest BCUT2D eigenvalue weighted by Crippen LogP contribution is 2.32. The summed E-state index contributed by atoms with van der Waals surface area (Å²) in [6, 6.07) is 6.88. The third-order valence-electron chi connectivity index (χ3n) is 5.52. The molecule has 0 radical (unpaired) electrons. The van der Waals surface area contributed by atoms with Crippen molar-refractivity contribution in [2.75, 3.05) is 31.4 Å². The monoisotopic (exact) mass is 409 g/mol. The molecule has 0 spiro atoms. The molecule has 2 fully saturated rings. The lowest BCUT2D eigenvalue weighted by Gasteiger charge is -2.46. The standard InChI is InChI=1S/C19H27N3O5S/c1-19(18(24)20-14-6-4-5-7-14)13-21(28(3,25)26)12-17(23)22(19)15-8-10-16(27-2)11-9-15/h8-11,14H,4-7,12-13H2,1-3H3,(H,20,24). The van der Waals surface area contributed by atoms with Crippen LogP contribution in [0.5, 0.6) is 5.75 Å². The van der Waals surface area contributed by atoms with Gasteiger partial charge in [0.15, 0.2) is 0 Å². The lowest BCUT2D eigenvalue weighted by Crippen LogP contribution is -2.70. The van der Waals surface area contributed by atoms with Gasteiger partial charge in [-0.3, -0.25) is 14.5 Å². The first-order valence-electron chi connectivity index (χ1n) is 9.38. The van der Waals surface area contributed by atoms with Crippen molar-refractivity contribution in [1.82, 2.24) is 9.62 Å². The molecule has 1 heterocycles. The van der Waals surface area contributed by atoms with E-state index in [0.29, 0.717) is 11.4 Å². The van der Waals surface area contributed by atoms with Crippen LogP contribution < -0.4 is 15.0 Å². The minimum atomic E-state index is -3.62. The van der Waals surface area contributed by atoms with Gasteiger partial charge in [-0.1, -0.05) is 12.8 Å². The molecule has 0 bridgehead atoms. The molecule has 154 valence electrons. The fraction of sp³-hybridized carbons (Fsp3) is 0.579. The van der Waals surface area contributed by atoms with Gasteiger partial charge in [0.05, 0.1) is 19.9 Å². The number of hydrogen-bond acceptors (Lipinski definition) is 5. The van der Waals surface area contributed by atoms with Gasteiger partial charge in [-0.05, 0) is 44.0 Å². The third kappa shape index (κ3) is 4.00. The van der Waals surface area contributed by atoms with E-state index in [4.69, 9.17) is 4.74 Å². The molecular formula is C19H27N3O5S. The number of sulfonamides is 1. The van der Waals surface area contributed by atoms with Crippen molar-refractivity contribution in [3.63, 3.8) is 0 Å². The second kappa shape index (κ2) is 7.71. The molecule has 1 aliphatic carbocycles. The van der Waals surface area contributed by atoms with Gasteiger partial charge < -0.3 is 10.1 Å². The third-order valence-corrected chi connectivity index (χ3v) is 6.71. The predicted octanol–water partition coefficient (Wildman–Crippen LogP) is 1.12. The molecule has 28 heavy (non-hydrogen) atoms. The number of hydrogen-bond donors (Lipinski definition) is 1. The molecule has 1 saturated heterocycles. The Balaban J connectivity index is 1.98. The van der Waals surface area contributed by atoms with E-state index in [2.05, 4.69) is 5.32 Å². The van der Waals surface area contributed by atoms with E-state index in [1.807, 2.05) is 0 Å². The molecule has 1 aromatic carbocycles. The number of benzene rings is 1. The van der Waals surface area contributed by atoms with Gasteiger partial charge in [-0.25, -0.2) is 8.42 Å². The Hall–Kier alpha value is -2.13. The smallest absolute Gasteiger partial charge is 0.247 e. The van der Waals surface area contributed by atoms with Crippen molar-refractivity contribution in [2.45, 2.75) is 44.2 Å². The van der Waals surface area contributed by atoms with Crippen molar-refractivity contribution in [3.05, 3.63) is 24.3 Å². The SMILES string of the molecule is COc1ccc(N2C(=O)CN(S(C)(=O)=O)CC2(C)C(=O)NC2CCCC2)cc1. The second-order valence-electron chi connectivity index (χ2n) is 7.69. The van der Waals surface area contributed by atoms with E-state index < -0.39 is 21.5 Å². The molecule has 9 heteroatoms. The van der Waals surface area contributed by atoms with Crippen molar-refractivity contribution in [3.8, 4) is 5.75 Å². The Bertz CT molecular complexity index is 849. The number of ether oxygens (including phenoxy) is 1. The predicted molar refractivity (Wildman–Crippen MR) is 106 cm³/mol. The molecule has 1 saturated carbocycles. The molecule has 1 aliphatic heterocycles. The van der Waals surface area contributed by atoms with Crippen molar-refractivity contribution in [2.24, 2.45) is 0 Å². The van der Waals surface area contributed by atoms with Gasteiger partial charge in [0.2, 0.25) is 21.8 Å². The minimum Gasteiger partial charge on any atom is -0.497 e. The van der Waals surface area contributed by atoms with Crippen LogP contribution in [0.25, 0.3) is 0 Å². The van der Waals surface area contributed by atoms with E-state index in [1.54, 1.807) is 38.3 Å². The number of nitrogens with zero attached hydrogens (tertiary/aromatic N) is 2. The first-order chi connectivity index (χ1) is 13.1. The van der Waals surface area contributed by atoms with Crippen LogP contribution >= 0.6 is 0 Å². The highest BCUT2D eigenvalue weighted by molar-refractivity contribution is 7.88. The molecular weight excluding hydrogens is 382 g/mol. The Labute approximate surface area is 165 Å². The first kappa shape index (κ1) is 20.6. The minimum absolute atomic E-state index is 0.0609. The second-order valence-corrected chi connectivity index (χ2v) is 9.67. The maximum absolute atomic E-state index is 13.2. The number of carbonyl (C=O) groups is 2. The summed E-state index contributed by atoms with van der Waals surface area (Å²) in [6.45, 7) is 1.23. The molecule has 2 amide bonds. The molecule has 1 N–H and O–H groups in total. The number of anilines is 1. The fourth-order valence-corrected chi connectivity index (χ4v) is 4.78. The number of methoxy groups -OCH3 is 1.